The summed E-state index contributed by atoms with van der Waals surface area (Å²) < 4.78 is 5.58. The van der Waals surface area contributed by atoms with E-state index in [2.05, 4.69) is 16.7 Å². The Morgan fingerprint density at radius 1 is 1.10 bits per heavy atom. The fraction of sp³-hybridized carbons (Fsp3) is 0.417. The molecule has 5 heteroatoms. The number of methoxy groups -OCH3 is 1. The number of aryl methyl sites for hydroxylation is 1. The lowest BCUT2D eigenvalue weighted by Gasteiger charge is -2.32. The van der Waals surface area contributed by atoms with Gasteiger partial charge in [-0.05, 0) is 44.9 Å². The lowest BCUT2D eigenvalue weighted by Crippen LogP contribution is -2.48. The number of nitrogens with one attached hydrogen (secondary N) is 2. The number of ether oxygens (including phenoxy) is 1. The first-order valence-corrected chi connectivity index (χ1v) is 10.2. The number of hydrogen-bond donors (Lipinski definition) is 2. The van der Waals surface area contributed by atoms with Gasteiger partial charge in [-0.15, -0.1) is 0 Å². The van der Waals surface area contributed by atoms with Crippen LogP contribution in [0.3, 0.4) is 0 Å². The molecule has 0 spiro atoms. The fourth-order valence-corrected chi connectivity index (χ4v) is 4.22. The third kappa shape index (κ3) is 4.78. The van der Waals surface area contributed by atoms with Crippen molar-refractivity contribution in [3.05, 3.63) is 65.2 Å². The van der Waals surface area contributed by atoms with Crippen LogP contribution in [0.4, 0.5) is 0 Å². The second-order valence-electron chi connectivity index (χ2n) is 7.97. The highest BCUT2D eigenvalue weighted by Crippen LogP contribution is 2.44. The monoisotopic (exact) mass is 394 g/mol. The van der Waals surface area contributed by atoms with Crippen molar-refractivity contribution in [2.75, 3.05) is 13.7 Å². The van der Waals surface area contributed by atoms with Gasteiger partial charge in [0.05, 0.1) is 7.11 Å². The van der Waals surface area contributed by atoms with Crippen molar-refractivity contribution in [2.45, 2.75) is 51.0 Å². The molecule has 3 rings (SSSR count). The van der Waals surface area contributed by atoms with E-state index in [-0.39, 0.29) is 17.2 Å². The normalized spacial score (nSPS) is 16.1. The van der Waals surface area contributed by atoms with Gasteiger partial charge in [0.2, 0.25) is 5.91 Å². The van der Waals surface area contributed by atoms with Crippen LogP contribution in [0.2, 0.25) is 0 Å². The first-order chi connectivity index (χ1) is 13.9. The first-order valence-electron chi connectivity index (χ1n) is 10.2. The Morgan fingerprint density at radius 2 is 1.83 bits per heavy atom. The molecule has 2 N–H and O–H groups in total. The summed E-state index contributed by atoms with van der Waals surface area (Å²) >= 11 is 0. The Morgan fingerprint density at radius 3 is 2.52 bits per heavy atom. The minimum Gasteiger partial charge on any atom is -0.496 e. The van der Waals surface area contributed by atoms with Crippen LogP contribution in [0.1, 0.15) is 54.1 Å². The second-order valence-corrected chi connectivity index (χ2v) is 7.97. The van der Waals surface area contributed by atoms with Gasteiger partial charge in [0.25, 0.3) is 5.91 Å². The minimum absolute atomic E-state index is 0.122. The van der Waals surface area contributed by atoms with Gasteiger partial charge in [0.1, 0.15) is 11.8 Å². The number of rotatable bonds is 7. The molecule has 2 amide bonds. The maximum atomic E-state index is 12.7. The highest BCUT2D eigenvalue weighted by atomic mass is 16.5. The molecule has 0 heterocycles. The summed E-state index contributed by atoms with van der Waals surface area (Å²) in [4.78, 5) is 25.1. The Labute approximate surface area is 172 Å². The molecule has 1 atom stereocenters. The smallest absolute Gasteiger partial charge is 0.251 e. The summed E-state index contributed by atoms with van der Waals surface area (Å²) in [6, 6.07) is 14.8. The highest BCUT2D eigenvalue weighted by molar-refractivity contribution is 5.97. The van der Waals surface area contributed by atoms with E-state index in [0.717, 1.165) is 42.6 Å². The molecule has 1 fully saturated rings. The topological polar surface area (TPSA) is 67.4 Å². The van der Waals surface area contributed by atoms with Crippen LogP contribution in [-0.4, -0.2) is 31.5 Å². The molecular formula is C24H30N2O3. The number of amides is 2. The lowest BCUT2D eigenvalue weighted by molar-refractivity contribution is -0.122. The van der Waals surface area contributed by atoms with Crippen LogP contribution < -0.4 is 15.4 Å². The quantitative estimate of drug-likeness (QED) is 0.752. The van der Waals surface area contributed by atoms with Crippen LogP contribution in [0.5, 0.6) is 5.75 Å². The Kier molecular flexibility index (Phi) is 6.57. The van der Waals surface area contributed by atoms with Gasteiger partial charge in [-0.3, -0.25) is 9.59 Å². The van der Waals surface area contributed by atoms with E-state index in [9.17, 15) is 9.59 Å². The molecular weight excluding hydrogens is 364 g/mol. The summed E-state index contributed by atoms with van der Waals surface area (Å²) in [5.41, 5.74) is 2.60. The third-order valence-electron chi connectivity index (χ3n) is 5.86. The van der Waals surface area contributed by atoms with Gasteiger partial charge in [0.15, 0.2) is 0 Å². The molecule has 0 aliphatic heterocycles. The van der Waals surface area contributed by atoms with Gasteiger partial charge >= 0.3 is 0 Å². The number of hydrogen-bond acceptors (Lipinski definition) is 3. The van der Waals surface area contributed by atoms with Crippen LogP contribution in [-0.2, 0) is 10.2 Å². The summed E-state index contributed by atoms with van der Waals surface area (Å²) in [5, 5.41) is 5.87. The van der Waals surface area contributed by atoms with E-state index in [4.69, 9.17) is 4.74 Å². The van der Waals surface area contributed by atoms with Crippen molar-refractivity contribution in [2.24, 2.45) is 0 Å². The van der Waals surface area contributed by atoms with E-state index < -0.39 is 6.04 Å². The van der Waals surface area contributed by atoms with Gasteiger partial charge in [-0.1, -0.05) is 48.7 Å². The Bertz CT molecular complexity index is 872. The fourth-order valence-electron chi connectivity index (χ4n) is 4.22. The van der Waals surface area contributed by atoms with Gasteiger partial charge in [-0.25, -0.2) is 0 Å². The molecule has 0 saturated heterocycles. The van der Waals surface area contributed by atoms with Gasteiger partial charge in [0, 0.05) is 23.1 Å². The van der Waals surface area contributed by atoms with Crippen LogP contribution >= 0.6 is 0 Å². The predicted octanol–water partition coefficient (Wildman–Crippen LogP) is 3.75. The van der Waals surface area contributed by atoms with Crippen molar-refractivity contribution in [3.8, 4) is 5.75 Å². The molecule has 1 aliphatic carbocycles. The van der Waals surface area contributed by atoms with Crippen LogP contribution in [0.15, 0.2) is 48.5 Å². The predicted molar refractivity (Wildman–Crippen MR) is 114 cm³/mol. The number of carbonyl (C=O) groups excluding carboxylic acids is 2. The average molecular weight is 395 g/mol. The van der Waals surface area contributed by atoms with E-state index in [1.807, 2.05) is 43.3 Å². The van der Waals surface area contributed by atoms with Crippen molar-refractivity contribution < 1.29 is 14.3 Å². The number of benzene rings is 2. The zero-order valence-corrected chi connectivity index (χ0v) is 17.5. The zero-order valence-electron chi connectivity index (χ0n) is 17.5. The molecule has 5 nitrogen and oxygen atoms in total. The Balaban J connectivity index is 1.65. The summed E-state index contributed by atoms with van der Waals surface area (Å²) in [5.74, 6) is 0.452. The lowest BCUT2D eigenvalue weighted by atomic mass is 9.78. The molecule has 1 aliphatic rings. The molecule has 1 saturated carbocycles. The summed E-state index contributed by atoms with van der Waals surface area (Å²) in [7, 11) is 1.68. The van der Waals surface area contributed by atoms with Crippen LogP contribution in [0, 0.1) is 6.92 Å². The average Bonchev–Trinajstić information content (AvgIpc) is 3.22. The SMILES string of the molecule is COc1ccccc1C1(CNC(=O)C(C)NC(=O)c2cccc(C)c2)CCCC1. The van der Waals surface area contributed by atoms with E-state index in [0.29, 0.717) is 12.1 Å². The molecule has 0 aromatic heterocycles. The largest absolute Gasteiger partial charge is 0.496 e. The molecule has 29 heavy (non-hydrogen) atoms. The van der Waals surface area contributed by atoms with Crippen LogP contribution in [0.25, 0.3) is 0 Å². The zero-order chi connectivity index (χ0) is 20.9. The molecule has 2 aromatic rings. The molecule has 154 valence electrons. The molecule has 0 bridgehead atoms. The summed E-state index contributed by atoms with van der Waals surface area (Å²) in [6.07, 6.45) is 4.29. The molecule has 1 unspecified atom stereocenters. The van der Waals surface area contributed by atoms with E-state index >= 15 is 0 Å². The third-order valence-corrected chi connectivity index (χ3v) is 5.86. The van der Waals surface area contributed by atoms with Gasteiger partial charge < -0.3 is 15.4 Å². The van der Waals surface area contributed by atoms with Crippen molar-refractivity contribution in [1.29, 1.82) is 0 Å². The standard InChI is InChI=1S/C24H30N2O3/c1-17-9-8-10-19(15-17)23(28)26-18(2)22(27)25-16-24(13-6-7-14-24)20-11-4-5-12-21(20)29-3/h4-5,8-12,15,18H,6-7,13-14,16H2,1-3H3,(H,25,27)(H,26,28). The van der Waals surface area contributed by atoms with Crippen molar-refractivity contribution in [1.82, 2.24) is 10.6 Å². The number of para-hydroxylation sites is 1. The number of carbonyl (C=O) groups is 2. The summed E-state index contributed by atoms with van der Waals surface area (Å²) in [6.45, 7) is 4.19. The molecule has 2 aromatic carbocycles. The van der Waals surface area contributed by atoms with Gasteiger partial charge in [-0.2, -0.15) is 0 Å². The van der Waals surface area contributed by atoms with E-state index in [1.54, 1.807) is 20.1 Å². The first kappa shape index (κ1) is 20.9. The van der Waals surface area contributed by atoms with E-state index in [1.165, 1.54) is 0 Å². The second kappa shape index (κ2) is 9.12. The van der Waals surface area contributed by atoms with Crippen molar-refractivity contribution in [3.63, 3.8) is 0 Å². The molecule has 0 radical (unpaired) electrons. The minimum atomic E-state index is -0.612. The Hall–Kier alpha value is -2.82. The van der Waals surface area contributed by atoms with Crippen molar-refractivity contribution >= 4 is 11.8 Å². The highest BCUT2D eigenvalue weighted by Gasteiger charge is 2.38. The maximum Gasteiger partial charge on any atom is 0.251 e. The maximum absolute atomic E-state index is 12.7.